The molecule has 0 fully saturated rings. The Balaban J connectivity index is 2.37. The molecule has 0 aliphatic carbocycles. The van der Waals surface area contributed by atoms with E-state index >= 15 is 0 Å². The average molecular weight is 250 g/mol. The molecular weight excluding hydrogens is 232 g/mol. The highest BCUT2D eigenvalue weighted by Gasteiger charge is 2.24. The lowest BCUT2D eigenvalue weighted by Crippen LogP contribution is -2.05. The van der Waals surface area contributed by atoms with Gasteiger partial charge < -0.3 is 19.4 Å². The maximum Gasteiger partial charge on any atom is 0.125 e. The van der Waals surface area contributed by atoms with E-state index in [1.54, 1.807) is 6.07 Å². The Hall–Kier alpha value is -1.55. The van der Waals surface area contributed by atoms with Gasteiger partial charge in [0, 0.05) is 24.0 Å². The molecule has 0 amide bonds. The molecule has 0 radical (unpaired) electrons. The molecule has 0 saturated carbocycles. The predicted octanol–water partition coefficient (Wildman–Crippen LogP) is 2.03. The van der Waals surface area contributed by atoms with E-state index in [9.17, 15) is 9.90 Å². The van der Waals surface area contributed by atoms with Crippen molar-refractivity contribution in [3.8, 4) is 11.5 Å². The lowest BCUT2D eigenvalue weighted by atomic mass is 10.0. The van der Waals surface area contributed by atoms with Gasteiger partial charge in [0.05, 0.1) is 12.7 Å². The number of carbonyl (C=O) groups is 1. The largest absolute Gasteiger partial charge is 0.493 e. The molecule has 1 aromatic rings. The molecule has 0 bridgehead atoms. The summed E-state index contributed by atoms with van der Waals surface area (Å²) in [6.45, 7) is 4.42. The second-order valence-corrected chi connectivity index (χ2v) is 4.48. The molecule has 98 valence electrons. The zero-order valence-corrected chi connectivity index (χ0v) is 10.7. The van der Waals surface area contributed by atoms with Crippen LogP contribution >= 0.6 is 0 Å². The van der Waals surface area contributed by atoms with Gasteiger partial charge in [0.15, 0.2) is 0 Å². The summed E-state index contributed by atoms with van der Waals surface area (Å²) in [5.41, 5.74) is 1.71. The summed E-state index contributed by atoms with van der Waals surface area (Å²) in [6.07, 6.45) is 0.923. The van der Waals surface area contributed by atoms with Gasteiger partial charge in [-0.1, -0.05) is 0 Å². The van der Waals surface area contributed by atoms with Crippen molar-refractivity contribution in [3.63, 3.8) is 0 Å². The van der Waals surface area contributed by atoms with Gasteiger partial charge in [-0.05, 0) is 26.0 Å². The third-order valence-corrected chi connectivity index (χ3v) is 3.01. The maximum absolute atomic E-state index is 10.5. The van der Waals surface area contributed by atoms with Crippen molar-refractivity contribution in [2.24, 2.45) is 0 Å². The van der Waals surface area contributed by atoms with E-state index < -0.39 is 6.10 Å². The Morgan fingerprint density at radius 1 is 1.61 bits per heavy atom. The Bertz CT molecular complexity index is 442. The van der Waals surface area contributed by atoms with Gasteiger partial charge in [0.2, 0.25) is 0 Å². The molecule has 0 spiro atoms. The lowest BCUT2D eigenvalue weighted by molar-refractivity contribution is -0.109. The minimum atomic E-state index is -0.839. The van der Waals surface area contributed by atoms with Crippen LogP contribution in [0, 0.1) is 0 Å². The second-order valence-electron chi connectivity index (χ2n) is 4.48. The second kappa shape index (κ2) is 5.40. The highest BCUT2D eigenvalue weighted by atomic mass is 16.5. The van der Waals surface area contributed by atoms with Gasteiger partial charge in [-0.2, -0.15) is 0 Å². The van der Waals surface area contributed by atoms with E-state index in [1.165, 1.54) is 0 Å². The summed E-state index contributed by atoms with van der Waals surface area (Å²) in [6, 6.07) is 3.70. The molecule has 1 aliphatic rings. The summed E-state index contributed by atoms with van der Waals surface area (Å²) in [5.74, 6) is 1.43. The summed E-state index contributed by atoms with van der Waals surface area (Å²) in [7, 11) is 0. The van der Waals surface area contributed by atoms with Gasteiger partial charge in [-0.3, -0.25) is 0 Å². The SMILES string of the molecule is CCOc1cc2c(cc1C(O)CC=O)OC(C)C2. The normalized spacial score (nSPS) is 18.9. The van der Waals surface area contributed by atoms with E-state index in [-0.39, 0.29) is 12.5 Å². The Morgan fingerprint density at radius 2 is 2.39 bits per heavy atom. The first kappa shape index (κ1) is 12.9. The molecule has 4 nitrogen and oxygen atoms in total. The summed E-state index contributed by atoms with van der Waals surface area (Å²) in [5, 5.41) is 9.96. The van der Waals surface area contributed by atoms with Crippen molar-refractivity contribution in [1.29, 1.82) is 0 Å². The van der Waals surface area contributed by atoms with E-state index in [0.29, 0.717) is 24.2 Å². The molecule has 1 N–H and O–H groups in total. The topological polar surface area (TPSA) is 55.8 Å². The number of rotatable bonds is 5. The zero-order chi connectivity index (χ0) is 13.1. The quantitative estimate of drug-likeness (QED) is 0.812. The molecule has 4 heteroatoms. The lowest BCUT2D eigenvalue weighted by Gasteiger charge is -2.15. The van der Waals surface area contributed by atoms with Crippen LogP contribution in [0.15, 0.2) is 12.1 Å². The van der Waals surface area contributed by atoms with Gasteiger partial charge in [0.1, 0.15) is 23.9 Å². The van der Waals surface area contributed by atoms with Crippen molar-refractivity contribution >= 4 is 6.29 Å². The van der Waals surface area contributed by atoms with Crippen molar-refractivity contribution in [2.75, 3.05) is 6.61 Å². The van der Waals surface area contributed by atoms with Crippen LogP contribution in [0.3, 0.4) is 0 Å². The summed E-state index contributed by atoms with van der Waals surface area (Å²) < 4.78 is 11.2. The smallest absolute Gasteiger partial charge is 0.125 e. The molecule has 0 aromatic heterocycles. The van der Waals surface area contributed by atoms with Gasteiger partial charge in [-0.25, -0.2) is 0 Å². The van der Waals surface area contributed by atoms with Crippen LogP contribution in [0.2, 0.25) is 0 Å². The first-order valence-electron chi connectivity index (χ1n) is 6.23. The fraction of sp³-hybridized carbons (Fsp3) is 0.500. The van der Waals surface area contributed by atoms with Crippen LogP contribution in [0.5, 0.6) is 11.5 Å². The Morgan fingerprint density at radius 3 is 3.06 bits per heavy atom. The predicted molar refractivity (Wildman–Crippen MR) is 67.0 cm³/mol. The number of hydrogen-bond acceptors (Lipinski definition) is 4. The number of ether oxygens (including phenoxy) is 2. The Kier molecular flexibility index (Phi) is 3.87. The molecule has 18 heavy (non-hydrogen) atoms. The third kappa shape index (κ3) is 2.48. The molecule has 0 saturated heterocycles. The monoisotopic (exact) mass is 250 g/mol. The summed E-state index contributed by atoms with van der Waals surface area (Å²) in [4.78, 5) is 10.5. The highest BCUT2D eigenvalue weighted by Crippen LogP contribution is 2.38. The first-order chi connectivity index (χ1) is 8.65. The van der Waals surface area contributed by atoms with Gasteiger partial charge in [0.25, 0.3) is 0 Å². The minimum absolute atomic E-state index is 0.0639. The third-order valence-electron chi connectivity index (χ3n) is 3.01. The van der Waals surface area contributed by atoms with Gasteiger partial charge >= 0.3 is 0 Å². The molecular formula is C14H18O4. The van der Waals surface area contributed by atoms with E-state index in [4.69, 9.17) is 9.47 Å². The molecule has 1 aromatic carbocycles. The van der Waals surface area contributed by atoms with E-state index in [1.807, 2.05) is 19.9 Å². The number of hydrogen-bond donors (Lipinski definition) is 1. The van der Waals surface area contributed by atoms with Crippen molar-refractivity contribution in [1.82, 2.24) is 0 Å². The maximum atomic E-state index is 10.5. The van der Waals surface area contributed by atoms with Crippen molar-refractivity contribution < 1.29 is 19.4 Å². The Labute approximate surface area is 107 Å². The molecule has 2 rings (SSSR count). The standard InChI is InChI=1S/C14H18O4/c1-3-17-14-7-10-6-9(2)18-13(10)8-11(14)12(16)4-5-15/h5,7-9,12,16H,3-4,6H2,1-2H3. The van der Waals surface area contributed by atoms with Gasteiger partial charge in [-0.15, -0.1) is 0 Å². The van der Waals surface area contributed by atoms with Crippen LogP contribution < -0.4 is 9.47 Å². The van der Waals surface area contributed by atoms with Crippen LogP contribution in [0.4, 0.5) is 0 Å². The minimum Gasteiger partial charge on any atom is -0.493 e. The zero-order valence-electron chi connectivity index (χ0n) is 10.7. The van der Waals surface area contributed by atoms with Crippen LogP contribution in [0.25, 0.3) is 0 Å². The number of aldehydes is 1. The fourth-order valence-corrected chi connectivity index (χ4v) is 2.21. The number of carbonyl (C=O) groups excluding carboxylic acids is 1. The molecule has 1 aliphatic heterocycles. The first-order valence-corrected chi connectivity index (χ1v) is 6.23. The van der Waals surface area contributed by atoms with E-state index in [0.717, 1.165) is 17.7 Å². The summed E-state index contributed by atoms with van der Waals surface area (Å²) >= 11 is 0. The van der Waals surface area contributed by atoms with Crippen molar-refractivity contribution in [3.05, 3.63) is 23.3 Å². The van der Waals surface area contributed by atoms with Crippen LogP contribution in [-0.2, 0) is 11.2 Å². The number of benzene rings is 1. The number of aliphatic hydroxyl groups is 1. The number of aliphatic hydroxyl groups excluding tert-OH is 1. The average Bonchev–Trinajstić information content (AvgIpc) is 2.68. The highest BCUT2D eigenvalue weighted by molar-refractivity contribution is 5.54. The molecule has 2 unspecified atom stereocenters. The number of fused-ring (bicyclic) bond motifs is 1. The fourth-order valence-electron chi connectivity index (χ4n) is 2.21. The van der Waals surface area contributed by atoms with Crippen molar-refractivity contribution in [2.45, 2.75) is 38.9 Å². The molecule has 1 heterocycles. The van der Waals surface area contributed by atoms with Crippen LogP contribution in [-0.4, -0.2) is 24.1 Å². The van der Waals surface area contributed by atoms with Crippen LogP contribution in [0.1, 0.15) is 37.5 Å². The molecule has 2 atom stereocenters. The van der Waals surface area contributed by atoms with E-state index in [2.05, 4.69) is 0 Å².